The molecule has 5 nitrogen and oxygen atoms in total. The Morgan fingerprint density at radius 1 is 1.28 bits per heavy atom. The molecule has 1 fully saturated rings. The van der Waals surface area contributed by atoms with Gasteiger partial charge in [-0.1, -0.05) is 24.4 Å². The fraction of sp³-hybridized carbons (Fsp3) is 0.474. The normalized spacial score (nSPS) is 14.8. The number of pyridine rings is 1. The van der Waals surface area contributed by atoms with Gasteiger partial charge in [0.1, 0.15) is 17.5 Å². The number of fused-ring (bicyclic) bond motifs is 1. The Morgan fingerprint density at radius 3 is 2.72 bits per heavy atom. The highest BCUT2D eigenvalue weighted by Crippen LogP contribution is 2.29. The van der Waals surface area contributed by atoms with Gasteiger partial charge in [-0.05, 0) is 37.1 Å². The summed E-state index contributed by atoms with van der Waals surface area (Å²) < 4.78 is 10.3. The molecule has 0 aliphatic heterocycles. The van der Waals surface area contributed by atoms with Crippen LogP contribution in [0.4, 0.5) is 0 Å². The molecule has 1 heterocycles. The summed E-state index contributed by atoms with van der Waals surface area (Å²) in [5.74, 6) is 0.766. The molecule has 25 heavy (non-hydrogen) atoms. The molecule has 1 amide bonds. The number of hydrogen-bond donors (Lipinski definition) is 0. The maximum Gasteiger partial charge on any atom is 0.249 e. The molecule has 0 unspecified atom stereocenters. The lowest BCUT2D eigenvalue weighted by atomic mass is 10.1. The molecule has 1 aromatic heterocycles. The van der Waals surface area contributed by atoms with Crippen molar-refractivity contribution < 1.29 is 14.3 Å². The number of ether oxygens (including phenoxy) is 2. The van der Waals surface area contributed by atoms with Crippen LogP contribution in [0.5, 0.6) is 5.75 Å². The number of aromatic nitrogens is 1. The van der Waals surface area contributed by atoms with Crippen molar-refractivity contribution >= 4 is 28.4 Å². The first-order valence-corrected chi connectivity index (χ1v) is 8.91. The molecule has 0 bridgehead atoms. The van der Waals surface area contributed by atoms with E-state index in [1.54, 1.807) is 14.2 Å². The molecule has 1 aliphatic rings. The van der Waals surface area contributed by atoms with E-state index in [1.807, 2.05) is 29.2 Å². The summed E-state index contributed by atoms with van der Waals surface area (Å²) in [5, 5.41) is 1.38. The lowest BCUT2D eigenvalue weighted by Gasteiger charge is -2.29. The smallest absolute Gasteiger partial charge is 0.249 e. The summed E-state index contributed by atoms with van der Waals surface area (Å²) in [6, 6.07) is 7.92. The van der Waals surface area contributed by atoms with Gasteiger partial charge in [-0.15, -0.1) is 0 Å². The van der Waals surface area contributed by atoms with Gasteiger partial charge in [0, 0.05) is 30.6 Å². The Kier molecular flexibility index (Phi) is 5.76. The van der Waals surface area contributed by atoms with Crippen LogP contribution in [0.1, 0.15) is 31.2 Å². The summed E-state index contributed by atoms with van der Waals surface area (Å²) in [6.07, 6.45) is 4.37. The number of methoxy groups -OCH3 is 2. The zero-order chi connectivity index (χ0) is 17.8. The van der Waals surface area contributed by atoms with E-state index in [-0.39, 0.29) is 18.6 Å². The van der Waals surface area contributed by atoms with Crippen LogP contribution < -0.4 is 4.74 Å². The Morgan fingerprint density at radius 2 is 2.04 bits per heavy atom. The van der Waals surface area contributed by atoms with Crippen LogP contribution in [0.25, 0.3) is 10.9 Å². The largest absolute Gasteiger partial charge is 0.497 e. The molecule has 134 valence electrons. The van der Waals surface area contributed by atoms with Crippen LogP contribution in [-0.2, 0) is 16.1 Å². The van der Waals surface area contributed by atoms with E-state index in [0.717, 1.165) is 47.9 Å². The van der Waals surface area contributed by atoms with Crippen LogP contribution >= 0.6 is 11.6 Å². The molecule has 1 aliphatic carbocycles. The van der Waals surface area contributed by atoms with Crippen molar-refractivity contribution in [2.75, 3.05) is 20.8 Å². The number of benzene rings is 1. The minimum absolute atomic E-state index is 0.00351. The van der Waals surface area contributed by atoms with Crippen molar-refractivity contribution in [3.05, 3.63) is 35.0 Å². The molecule has 0 saturated heterocycles. The van der Waals surface area contributed by atoms with Gasteiger partial charge in [-0.3, -0.25) is 4.79 Å². The molecule has 0 spiro atoms. The van der Waals surface area contributed by atoms with Crippen LogP contribution in [0.15, 0.2) is 24.3 Å². The summed E-state index contributed by atoms with van der Waals surface area (Å²) in [5.41, 5.74) is 1.66. The maximum atomic E-state index is 12.5. The zero-order valence-corrected chi connectivity index (χ0v) is 15.4. The molecular formula is C19H23ClN2O3. The molecule has 0 atom stereocenters. The molecule has 1 saturated carbocycles. The lowest BCUT2D eigenvalue weighted by Crippen LogP contribution is -2.40. The van der Waals surface area contributed by atoms with Crippen molar-refractivity contribution in [2.45, 2.75) is 38.3 Å². The van der Waals surface area contributed by atoms with Gasteiger partial charge in [-0.2, -0.15) is 0 Å². The Balaban J connectivity index is 1.92. The number of carbonyl (C=O) groups is 1. The van der Waals surface area contributed by atoms with Crippen molar-refractivity contribution in [1.29, 1.82) is 0 Å². The summed E-state index contributed by atoms with van der Waals surface area (Å²) in [6.45, 7) is 0.537. The van der Waals surface area contributed by atoms with Gasteiger partial charge >= 0.3 is 0 Å². The average molecular weight is 363 g/mol. The van der Waals surface area contributed by atoms with Gasteiger partial charge in [0.2, 0.25) is 5.91 Å². The first-order valence-electron chi connectivity index (χ1n) is 8.54. The monoisotopic (exact) mass is 362 g/mol. The second kappa shape index (κ2) is 8.02. The van der Waals surface area contributed by atoms with E-state index >= 15 is 0 Å². The van der Waals surface area contributed by atoms with E-state index in [4.69, 9.17) is 21.1 Å². The first-order chi connectivity index (χ1) is 12.1. The van der Waals surface area contributed by atoms with Gasteiger partial charge in [-0.25, -0.2) is 4.98 Å². The van der Waals surface area contributed by atoms with Crippen LogP contribution in [0.2, 0.25) is 5.15 Å². The lowest BCUT2D eigenvalue weighted by molar-refractivity contribution is -0.138. The molecule has 0 radical (unpaired) electrons. The Bertz CT molecular complexity index is 760. The number of nitrogens with zero attached hydrogens (tertiary/aromatic N) is 2. The van der Waals surface area contributed by atoms with E-state index in [9.17, 15) is 4.79 Å². The third-order valence-corrected chi connectivity index (χ3v) is 5.07. The SMILES string of the molecule is COCC(=O)N(Cc1cc2cc(OC)ccc2nc1Cl)C1CCCC1. The Labute approximate surface area is 152 Å². The predicted octanol–water partition coefficient (Wildman–Crippen LogP) is 3.81. The summed E-state index contributed by atoms with van der Waals surface area (Å²) >= 11 is 6.40. The fourth-order valence-corrected chi connectivity index (χ4v) is 3.64. The van der Waals surface area contributed by atoms with E-state index in [0.29, 0.717) is 11.7 Å². The number of carbonyl (C=O) groups excluding carboxylic acids is 1. The highest BCUT2D eigenvalue weighted by atomic mass is 35.5. The molecule has 6 heteroatoms. The standard InChI is InChI=1S/C19H23ClN2O3/c1-24-12-18(23)22(15-5-3-4-6-15)11-14-9-13-10-16(25-2)7-8-17(13)21-19(14)20/h7-10,15H,3-6,11-12H2,1-2H3. The fourth-order valence-electron chi connectivity index (χ4n) is 3.44. The van der Waals surface area contributed by atoms with Crippen LogP contribution in [0, 0.1) is 0 Å². The van der Waals surface area contributed by atoms with Gasteiger partial charge in [0.25, 0.3) is 0 Å². The zero-order valence-electron chi connectivity index (χ0n) is 14.6. The third-order valence-electron chi connectivity index (χ3n) is 4.74. The number of amides is 1. The van der Waals surface area contributed by atoms with E-state index in [1.165, 1.54) is 0 Å². The number of rotatable bonds is 6. The summed E-state index contributed by atoms with van der Waals surface area (Å²) in [4.78, 5) is 18.9. The quantitative estimate of drug-likeness (QED) is 0.733. The van der Waals surface area contributed by atoms with Gasteiger partial charge < -0.3 is 14.4 Å². The van der Waals surface area contributed by atoms with Crippen molar-refractivity contribution in [3.8, 4) is 5.75 Å². The van der Waals surface area contributed by atoms with Gasteiger partial charge in [0.05, 0.1) is 12.6 Å². The predicted molar refractivity (Wildman–Crippen MR) is 98.0 cm³/mol. The summed E-state index contributed by atoms with van der Waals surface area (Å²) in [7, 11) is 3.18. The highest BCUT2D eigenvalue weighted by Gasteiger charge is 2.27. The van der Waals surface area contributed by atoms with Gasteiger partial charge in [0.15, 0.2) is 0 Å². The van der Waals surface area contributed by atoms with Crippen molar-refractivity contribution in [2.24, 2.45) is 0 Å². The second-order valence-electron chi connectivity index (χ2n) is 6.39. The molecule has 3 rings (SSSR count). The molecule has 2 aromatic rings. The first kappa shape index (κ1) is 18.0. The third kappa shape index (κ3) is 4.05. The molecular weight excluding hydrogens is 340 g/mol. The topological polar surface area (TPSA) is 51.7 Å². The van der Waals surface area contributed by atoms with E-state index in [2.05, 4.69) is 4.98 Å². The second-order valence-corrected chi connectivity index (χ2v) is 6.75. The van der Waals surface area contributed by atoms with Crippen LogP contribution in [-0.4, -0.2) is 42.7 Å². The average Bonchev–Trinajstić information content (AvgIpc) is 3.13. The number of hydrogen-bond acceptors (Lipinski definition) is 4. The van der Waals surface area contributed by atoms with Crippen molar-refractivity contribution in [3.63, 3.8) is 0 Å². The van der Waals surface area contributed by atoms with Crippen LogP contribution in [0.3, 0.4) is 0 Å². The Hall–Kier alpha value is -1.85. The van der Waals surface area contributed by atoms with Crippen molar-refractivity contribution in [1.82, 2.24) is 9.88 Å². The van der Waals surface area contributed by atoms with E-state index < -0.39 is 0 Å². The molecule has 0 N–H and O–H groups in total. The molecule has 1 aromatic carbocycles. The number of halogens is 1. The highest BCUT2D eigenvalue weighted by molar-refractivity contribution is 6.30. The minimum Gasteiger partial charge on any atom is -0.497 e. The maximum absolute atomic E-state index is 12.5. The minimum atomic E-state index is -0.00351.